The van der Waals surface area contributed by atoms with Gasteiger partial charge in [0, 0.05) is 12.1 Å². The molecule has 1 amide bonds. The van der Waals surface area contributed by atoms with Crippen molar-refractivity contribution in [3.05, 3.63) is 30.1 Å². The monoisotopic (exact) mass is 279 g/mol. The minimum atomic E-state index is -0.816. The van der Waals surface area contributed by atoms with Crippen LogP contribution in [0.15, 0.2) is 24.3 Å². The van der Waals surface area contributed by atoms with Gasteiger partial charge in [-0.3, -0.25) is 9.59 Å². The van der Waals surface area contributed by atoms with Gasteiger partial charge in [-0.15, -0.1) is 0 Å². The molecular weight excluding hydrogens is 257 g/mol. The molecule has 3 nitrogen and oxygen atoms in total. The second kappa shape index (κ2) is 7.17. The van der Waals surface area contributed by atoms with Crippen LogP contribution < -0.4 is 5.32 Å². The Morgan fingerprint density at radius 1 is 1.15 bits per heavy atom. The van der Waals surface area contributed by atoms with Gasteiger partial charge in [0.25, 0.3) is 0 Å². The molecule has 1 saturated carbocycles. The van der Waals surface area contributed by atoms with Gasteiger partial charge >= 0.3 is 0 Å². The van der Waals surface area contributed by atoms with E-state index < -0.39 is 5.41 Å². The highest BCUT2D eigenvalue weighted by atomic mass is 19.1. The summed E-state index contributed by atoms with van der Waals surface area (Å²) in [6.45, 7) is 6.01. The van der Waals surface area contributed by atoms with Crippen molar-refractivity contribution in [2.75, 3.05) is 5.32 Å². The fraction of sp³-hybridized carbons (Fsp3) is 0.500. The van der Waals surface area contributed by atoms with Gasteiger partial charge < -0.3 is 5.32 Å². The minimum absolute atomic E-state index is 0.0166. The van der Waals surface area contributed by atoms with Gasteiger partial charge in [-0.05, 0) is 37.1 Å². The van der Waals surface area contributed by atoms with E-state index in [0.29, 0.717) is 24.9 Å². The van der Waals surface area contributed by atoms with Gasteiger partial charge in [-0.2, -0.15) is 0 Å². The zero-order valence-corrected chi connectivity index (χ0v) is 12.3. The first-order chi connectivity index (χ1) is 9.50. The Balaban J connectivity index is 0.000000612. The number of rotatable bonds is 4. The van der Waals surface area contributed by atoms with E-state index in [1.165, 1.54) is 30.7 Å². The molecule has 4 heteroatoms. The van der Waals surface area contributed by atoms with Crippen molar-refractivity contribution < 1.29 is 14.0 Å². The Bertz CT molecular complexity index is 464. The standard InChI is InChI=1S/C13H14FNO2.C3H8/c1-2-11(16)13(7-8-13)12(17)15-10-5-3-9(14)4-6-10;1-3-2/h3-6H,2,7-8H2,1H3,(H,15,17);3H2,1-2H3. The van der Waals surface area contributed by atoms with E-state index in [1.54, 1.807) is 6.92 Å². The number of Topliss-reactive ketones (excluding diaryl/α,β-unsaturated/α-hetero) is 1. The molecule has 0 atom stereocenters. The SMILES string of the molecule is CCC.CCC(=O)C1(C(=O)Nc2ccc(F)cc2)CC1. The molecule has 20 heavy (non-hydrogen) atoms. The van der Waals surface area contributed by atoms with Gasteiger partial charge in [0.1, 0.15) is 17.0 Å². The van der Waals surface area contributed by atoms with Crippen LogP contribution in [-0.2, 0) is 9.59 Å². The van der Waals surface area contributed by atoms with E-state index in [1.807, 2.05) is 0 Å². The summed E-state index contributed by atoms with van der Waals surface area (Å²) in [6.07, 6.45) is 2.86. The van der Waals surface area contributed by atoms with Gasteiger partial charge in [0.15, 0.2) is 0 Å². The zero-order chi connectivity index (χ0) is 15.2. The van der Waals surface area contributed by atoms with Crippen molar-refractivity contribution in [1.82, 2.24) is 0 Å². The molecule has 1 aliphatic rings. The van der Waals surface area contributed by atoms with Crippen molar-refractivity contribution in [2.24, 2.45) is 5.41 Å². The molecule has 1 aromatic rings. The number of hydrogen-bond donors (Lipinski definition) is 1. The predicted octanol–water partition coefficient (Wildman–Crippen LogP) is 3.94. The Hall–Kier alpha value is -1.71. The second-order valence-corrected chi connectivity index (χ2v) is 5.03. The van der Waals surface area contributed by atoms with Crippen LogP contribution in [0, 0.1) is 11.2 Å². The number of ketones is 1. The summed E-state index contributed by atoms with van der Waals surface area (Å²) in [5.74, 6) is -0.637. The molecule has 1 aliphatic carbocycles. The van der Waals surface area contributed by atoms with Crippen molar-refractivity contribution in [2.45, 2.75) is 46.5 Å². The summed E-state index contributed by atoms with van der Waals surface area (Å²) < 4.78 is 12.7. The van der Waals surface area contributed by atoms with Crippen molar-refractivity contribution in [3.63, 3.8) is 0 Å². The first-order valence-electron chi connectivity index (χ1n) is 7.10. The highest BCUT2D eigenvalue weighted by Gasteiger charge is 2.55. The van der Waals surface area contributed by atoms with Crippen LogP contribution >= 0.6 is 0 Å². The number of carbonyl (C=O) groups is 2. The molecule has 1 fully saturated rings. The smallest absolute Gasteiger partial charge is 0.238 e. The number of halogens is 1. The van der Waals surface area contributed by atoms with Crippen LogP contribution in [0.3, 0.4) is 0 Å². The zero-order valence-electron chi connectivity index (χ0n) is 12.3. The third-order valence-electron chi connectivity index (χ3n) is 3.14. The number of anilines is 1. The molecule has 0 aliphatic heterocycles. The number of carbonyl (C=O) groups excluding carboxylic acids is 2. The van der Waals surface area contributed by atoms with Crippen LogP contribution in [0.25, 0.3) is 0 Å². The maximum Gasteiger partial charge on any atom is 0.238 e. The molecule has 1 aromatic carbocycles. The number of hydrogen-bond acceptors (Lipinski definition) is 2. The summed E-state index contributed by atoms with van der Waals surface area (Å²) in [5.41, 5.74) is -0.296. The van der Waals surface area contributed by atoms with Crippen LogP contribution in [0.4, 0.5) is 10.1 Å². The normalized spacial score (nSPS) is 14.8. The molecule has 0 radical (unpaired) electrons. The molecule has 0 heterocycles. The second-order valence-electron chi connectivity index (χ2n) is 5.03. The summed E-state index contributed by atoms with van der Waals surface area (Å²) in [5, 5.41) is 2.66. The number of amides is 1. The van der Waals surface area contributed by atoms with E-state index in [4.69, 9.17) is 0 Å². The van der Waals surface area contributed by atoms with Gasteiger partial charge in [-0.1, -0.05) is 27.2 Å². The molecule has 0 bridgehead atoms. The van der Waals surface area contributed by atoms with E-state index in [2.05, 4.69) is 19.2 Å². The number of nitrogens with one attached hydrogen (secondary N) is 1. The fourth-order valence-electron chi connectivity index (χ4n) is 1.88. The van der Waals surface area contributed by atoms with E-state index in [0.717, 1.165) is 0 Å². The topological polar surface area (TPSA) is 46.2 Å². The third kappa shape index (κ3) is 3.89. The lowest BCUT2D eigenvalue weighted by molar-refractivity contribution is -0.132. The highest BCUT2D eigenvalue weighted by molar-refractivity contribution is 6.13. The van der Waals surface area contributed by atoms with Gasteiger partial charge in [0.2, 0.25) is 5.91 Å². The molecule has 110 valence electrons. The summed E-state index contributed by atoms with van der Waals surface area (Å²) >= 11 is 0. The Morgan fingerprint density at radius 3 is 2.05 bits per heavy atom. The molecule has 0 unspecified atom stereocenters. The molecule has 1 N–H and O–H groups in total. The van der Waals surface area contributed by atoms with Crippen LogP contribution in [-0.4, -0.2) is 11.7 Å². The Kier molecular flexibility index (Phi) is 5.86. The predicted molar refractivity (Wildman–Crippen MR) is 78.0 cm³/mol. The molecule has 0 spiro atoms. The van der Waals surface area contributed by atoms with Gasteiger partial charge in [-0.25, -0.2) is 4.39 Å². The Morgan fingerprint density at radius 2 is 1.65 bits per heavy atom. The van der Waals surface area contributed by atoms with Crippen molar-refractivity contribution in [3.8, 4) is 0 Å². The average Bonchev–Trinajstić information content (AvgIpc) is 3.23. The van der Waals surface area contributed by atoms with Crippen LogP contribution in [0.5, 0.6) is 0 Å². The van der Waals surface area contributed by atoms with Crippen LogP contribution in [0.1, 0.15) is 46.5 Å². The molecule has 0 saturated heterocycles. The fourth-order valence-corrected chi connectivity index (χ4v) is 1.88. The highest BCUT2D eigenvalue weighted by Crippen LogP contribution is 2.48. The van der Waals surface area contributed by atoms with Crippen molar-refractivity contribution >= 4 is 17.4 Å². The van der Waals surface area contributed by atoms with Gasteiger partial charge in [0.05, 0.1) is 0 Å². The third-order valence-corrected chi connectivity index (χ3v) is 3.14. The van der Waals surface area contributed by atoms with Crippen LogP contribution in [0.2, 0.25) is 0 Å². The summed E-state index contributed by atoms with van der Waals surface area (Å²) in [4.78, 5) is 23.6. The Labute approximate surface area is 119 Å². The maximum absolute atomic E-state index is 12.7. The lowest BCUT2D eigenvalue weighted by Crippen LogP contribution is -2.31. The molecule has 0 aromatic heterocycles. The summed E-state index contributed by atoms with van der Waals surface area (Å²) in [7, 11) is 0. The van der Waals surface area contributed by atoms with E-state index in [-0.39, 0.29) is 17.5 Å². The molecular formula is C16H22FNO2. The average molecular weight is 279 g/mol. The summed E-state index contributed by atoms with van der Waals surface area (Å²) in [6, 6.07) is 5.52. The van der Waals surface area contributed by atoms with E-state index in [9.17, 15) is 14.0 Å². The van der Waals surface area contributed by atoms with Crippen molar-refractivity contribution in [1.29, 1.82) is 0 Å². The lowest BCUT2D eigenvalue weighted by atomic mass is 9.98. The first kappa shape index (κ1) is 16.3. The molecule has 2 rings (SSSR count). The van der Waals surface area contributed by atoms with E-state index >= 15 is 0 Å². The maximum atomic E-state index is 12.7. The lowest BCUT2D eigenvalue weighted by Gasteiger charge is -2.13. The quantitative estimate of drug-likeness (QED) is 0.848. The number of benzene rings is 1. The largest absolute Gasteiger partial charge is 0.325 e. The first-order valence-corrected chi connectivity index (χ1v) is 7.10. The minimum Gasteiger partial charge on any atom is -0.325 e.